The Hall–Kier alpha value is -4.98. The van der Waals surface area contributed by atoms with E-state index in [9.17, 15) is 14.7 Å². The minimum Gasteiger partial charge on any atom is -0.476 e. The van der Waals surface area contributed by atoms with Crippen LogP contribution in [0.4, 0.5) is 0 Å². The van der Waals surface area contributed by atoms with Crippen LogP contribution in [0, 0.1) is 13.8 Å². The topological polar surface area (TPSA) is 101 Å². The van der Waals surface area contributed by atoms with E-state index in [-0.39, 0.29) is 0 Å². The van der Waals surface area contributed by atoms with Gasteiger partial charge in [-0.3, -0.25) is 0 Å². The van der Waals surface area contributed by atoms with E-state index in [4.69, 9.17) is 23.7 Å². The average Bonchev–Trinajstić information content (AvgIpc) is 2.94. The number of benzene rings is 4. The number of hydrogen-bond acceptors (Lipinski definition) is 7. The minimum atomic E-state index is -1.34. The van der Waals surface area contributed by atoms with Crippen LogP contribution in [0.2, 0.25) is 0 Å². The maximum Gasteiger partial charge on any atom is 0.389 e. The van der Waals surface area contributed by atoms with Gasteiger partial charge in [0, 0.05) is 24.0 Å². The lowest BCUT2D eigenvalue weighted by Crippen LogP contribution is -2.35. The molecule has 2 heterocycles. The highest BCUT2D eigenvalue weighted by molar-refractivity contribution is 5.74. The molecule has 8 heteroatoms. The predicted molar refractivity (Wildman–Crippen MR) is 151 cm³/mol. The standard InChI is InChI=1S/C17H16O4.C16H14O4/c1-11-6-5-9-15-13(11)10-12-7-3-4-8-14(12)20-17(21-15)16(18)19-2;1-10-5-4-8-14-12(10)9-11-6-2-3-7-13(11)19-16(20-14)15(17)18/h3-9,17H,10H2,1-2H3;2-8,16H,9H2,1H3,(H,17,18). The van der Waals surface area contributed by atoms with E-state index >= 15 is 0 Å². The minimum absolute atomic E-state index is 0.550. The predicted octanol–water partition coefficient (Wildman–Crippen LogP) is 5.62. The summed E-state index contributed by atoms with van der Waals surface area (Å²) in [5, 5.41) is 9.23. The Morgan fingerprint density at radius 1 is 0.634 bits per heavy atom. The van der Waals surface area contributed by atoms with Crippen LogP contribution in [0.1, 0.15) is 33.4 Å². The number of methoxy groups -OCH3 is 1. The molecular formula is C33H30O8. The highest BCUT2D eigenvalue weighted by Crippen LogP contribution is 2.34. The highest BCUT2D eigenvalue weighted by Gasteiger charge is 2.29. The van der Waals surface area contributed by atoms with Crippen LogP contribution in [0.25, 0.3) is 0 Å². The second kappa shape index (κ2) is 12.0. The first kappa shape index (κ1) is 27.6. The smallest absolute Gasteiger partial charge is 0.389 e. The first-order chi connectivity index (χ1) is 19.8. The first-order valence-electron chi connectivity index (χ1n) is 13.1. The number of carboxylic acid groups (broad SMARTS) is 1. The number of rotatable bonds is 2. The first-order valence-corrected chi connectivity index (χ1v) is 13.1. The SMILES string of the molecule is COC(=O)C1Oc2ccccc2Cc2c(C)cccc2O1.Cc1cccc2c1Cc1ccccc1OC(C(=O)O)O2. The van der Waals surface area contributed by atoms with E-state index in [1.165, 1.54) is 7.11 Å². The Balaban J connectivity index is 0.000000165. The maximum absolute atomic E-state index is 11.9. The second-order valence-corrected chi connectivity index (χ2v) is 9.67. The molecule has 0 amide bonds. The van der Waals surface area contributed by atoms with Crippen LogP contribution in [-0.2, 0) is 27.2 Å². The normalized spacial score (nSPS) is 16.6. The molecule has 0 saturated heterocycles. The molecule has 6 rings (SSSR count). The van der Waals surface area contributed by atoms with Gasteiger partial charge in [0.2, 0.25) is 0 Å². The summed E-state index contributed by atoms with van der Waals surface area (Å²) in [5.41, 5.74) is 6.22. The van der Waals surface area contributed by atoms with E-state index < -0.39 is 24.5 Å². The number of aryl methyl sites for hydroxylation is 2. The number of hydrogen-bond donors (Lipinski definition) is 1. The number of fused-ring (bicyclic) bond motifs is 4. The van der Waals surface area contributed by atoms with Gasteiger partial charge in [0.05, 0.1) is 7.11 Å². The Morgan fingerprint density at radius 2 is 1.05 bits per heavy atom. The fraction of sp³-hybridized carbons (Fsp3) is 0.212. The lowest BCUT2D eigenvalue weighted by atomic mass is 9.98. The zero-order valence-electron chi connectivity index (χ0n) is 23.0. The quantitative estimate of drug-likeness (QED) is 0.319. The van der Waals surface area contributed by atoms with Crippen molar-refractivity contribution in [2.45, 2.75) is 39.3 Å². The molecule has 2 aliphatic heterocycles. The Bertz CT molecular complexity index is 1580. The third-order valence-corrected chi connectivity index (χ3v) is 6.95. The van der Waals surface area contributed by atoms with Gasteiger partial charge in [-0.1, -0.05) is 60.7 Å². The van der Waals surface area contributed by atoms with Gasteiger partial charge in [-0.15, -0.1) is 0 Å². The maximum atomic E-state index is 11.9. The number of ether oxygens (including phenoxy) is 5. The molecule has 2 unspecified atom stereocenters. The molecule has 0 fully saturated rings. The van der Waals surface area contributed by atoms with E-state index in [2.05, 4.69) is 0 Å². The van der Waals surface area contributed by atoms with Crippen molar-refractivity contribution in [3.8, 4) is 23.0 Å². The molecular weight excluding hydrogens is 524 g/mol. The van der Waals surface area contributed by atoms with Gasteiger partial charge in [0.25, 0.3) is 0 Å². The number of aliphatic carboxylic acids is 1. The van der Waals surface area contributed by atoms with Crippen molar-refractivity contribution >= 4 is 11.9 Å². The van der Waals surface area contributed by atoms with Crippen LogP contribution in [0.3, 0.4) is 0 Å². The van der Waals surface area contributed by atoms with Gasteiger partial charge in [0.15, 0.2) is 0 Å². The molecule has 0 saturated carbocycles. The fourth-order valence-corrected chi connectivity index (χ4v) is 4.74. The summed E-state index contributed by atoms with van der Waals surface area (Å²) in [6.45, 7) is 4.02. The monoisotopic (exact) mass is 554 g/mol. The molecule has 0 spiro atoms. The van der Waals surface area contributed by atoms with Crippen molar-refractivity contribution in [2.75, 3.05) is 7.11 Å². The molecule has 2 aliphatic rings. The lowest BCUT2D eigenvalue weighted by Gasteiger charge is -2.25. The Kier molecular flexibility index (Phi) is 8.10. The number of carboxylic acids is 1. The molecule has 0 aromatic heterocycles. The summed E-state index contributed by atoms with van der Waals surface area (Å²) >= 11 is 0. The van der Waals surface area contributed by atoms with Gasteiger partial charge in [-0.2, -0.15) is 0 Å². The zero-order valence-corrected chi connectivity index (χ0v) is 23.0. The van der Waals surface area contributed by atoms with Crippen LogP contribution in [0.15, 0.2) is 84.9 Å². The van der Waals surface area contributed by atoms with E-state index in [0.29, 0.717) is 35.8 Å². The summed E-state index contributed by atoms with van der Waals surface area (Å²) in [6, 6.07) is 26.5. The van der Waals surface area contributed by atoms with Crippen LogP contribution in [-0.4, -0.2) is 36.7 Å². The van der Waals surface area contributed by atoms with Gasteiger partial charge in [0.1, 0.15) is 23.0 Å². The highest BCUT2D eigenvalue weighted by atomic mass is 16.7. The van der Waals surface area contributed by atoms with Crippen molar-refractivity contribution in [3.63, 3.8) is 0 Å². The van der Waals surface area contributed by atoms with Crippen molar-refractivity contribution in [3.05, 3.63) is 118 Å². The summed E-state index contributed by atoms with van der Waals surface area (Å²) < 4.78 is 27.2. The van der Waals surface area contributed by atoms with E-state index in [1.54, 1.807) is 12.1 Å². The van der Waals surface area contributed by atoms with E-state index in [0.717, 1.165) is 33.4 Å². The summed E-state index contributed by atoms with van der Waals surface area (Å²) in [4.78, 5) is 23.1. The summed E-state index contributed by atoms with van der Waals surface area (Å²) in [6.07, 6.45) is -1.08. The number of carbonyl (C=O) groups is 2. The molecule has 0 aliphatic carbocycles. The molecule has 210 valence electrons. The number of esters is 1. The van der Waals surface area contributed by atoms with Crippen molar-refractivity contribution in [1.29, 1.82) is 0 Å². The van der Waals surface area contributed by atoms with Gasteiger partial charge in [-0.25, -0.2) is 9.59 Å². The van der Waals surface area contributed by atoms with Gasteiger partial charge >= 0.3 is 24.5 Å². The molecule has 41 heavy (non-hydrogen) atoms. The summed E-state index contributed by atoms with van der Waals surface area (Å²) in [7, 11) is 1.32. The van der Waals surface area contributed by atoms with Crippen LogP contribution in [0.5, 0.6) is 23.0 Å². The Morgan fingerprint density at radius 3 is 1.54 bits per heavy atom. The molecule has 0 radical (unpaired) electrons. The lowest BCUT2D eigenvalue weighted by molar-refractivity contribution is -0.162. The van der Waals surface area contributed by atoms with Crippen molar-refractivity contribution in [1.82, 2.24) is 0 Å². The van der Waals surface area contributed by atoms with Crippen LogP contribution >= 0.6 is 0 Å². The van der Waals surface area contributed by atoms with Crippen molar-refractivity contribution < 1.29 is 38.4 Å². The third kappa shape index (κ3) is 6.11. The average molecular weight is 555 g/mol. The van der Waals surface area contributed by atoms with E-state index in [1.807, 2.05) is 86.6 Å². The largest absolute Gasteiger partial charge is 0.476 e. The zero-order chi connectivity index (χ0) is 28.9. The van der Waals surface area contributed by atoms with Crippen LogP contribution < -0.4 is 18.9 Å². The van der Waals surface area contributed by atoms with Gasteiger partial charge < -0.3 is 28.8 Å². The van der Waals surface area contributed by atoms with Gasteiger partial charge in [-0.05, 0) is 60.4 Å². The number of para-hydroxylation sites is 2. The molecule has 4 aromatic carbocycles. The Labute approximate surface area is 238 Å². The fourth-order valence-electron chi connectivity index (χ4n) is 4.74. The molecule has 2 atom stereocenters. The molecule has 4 aromatic rings. The summed E-state index contributed by atoms with van der Waals surface area (Å²) in [5.74, 6) is 0.704. The molecule has 8 nitrogen and oxygen atoms in total. The van der Waals surface area contributed by atoms with Crippen molar-refractivity contribution in [2.24, 2.45) is 0 Å². The second-order valence-electron chi connectivity index (χ2n) is 9.67. The number of carbonyl (C=O) groups excluding carboxylic acids is 1. The molecule has 0 bridgehead atoms. The third-order valence-electron chi connectivity index (χ3n) is 6.95. The molecule has 1 N–H and O–H groups in total.